The second-order valence-electron chi connectivity index (χ2n) is 7.59. The van der Waals surface area contributed by atoms with E-state index >= 15 is 0 Å². The van der Waals surface area contributed by atoms with Crippen LogP contribution in [0, 0.1) is 0 Å². The van der Waals surface area contributed by atoms with E-state index in [2.05, 4.69) is 37.3 Å². The Morgan fingerprint density at radius 2 is 1.86 bits per heavy atom. The number of carboxylic acids is 1. The Hall–Kier alpha value is -2.01. The molecule has 2 aromatic rings. The summed E-state index contributed by atoms with van der Waals surface area (Å²) < 4.78 is 6.46. The van der Waals surface area contributed by atoms with Crippen LogP contribution in [0.2, 0.25) is 5.02 Å². The number of benzene rings is 2. The minimum atomic E-state index is -0.787. The minimum Gasteiger partial charge on any atom is -0.482 e. The second kappa shape index (κ2) is 8.78. The first-order chi connectivity index (χ1) is 13.5. The van der Waals surface area contributed by atoms with Gasteiger partial charge in [0.1, 0.15) is 11.4 Å². The number of carbonyl (C=O) groups is 1. The van der Waals surface area contributed by atoms with Gasteiger partial charge in [-0.25, -0.2) is 0 Å². The van der Waals surface area contributed by atoms with Crippen molar-refractivity contribution in [2.45, 2.75) is 31.8 Å². The molecule has 2 aliphatic rings. The predicted octanol–water partition coefficient (Wildman–Crippen LogP) is 5.07. The van der Waals surface area contributed by atoms with Crippen LogP contribution in [0.1, 0.15) is 36.5 Å². The lowest BCUT2D eigenvalue weighted by molar-refractivity contribution is -0.139. The molecule has 6 heteroatoms. The van der Waals surface area contributed by atoms with Crippen LogP contribution in [-0.2, 0) is 11.2 Å². The van der Waals surface area contributed by atoms with Crippen molar-refractivity contribution in [3.63, 3.8) is 0 Å². The molecule has 0 aliphatic carbocycles. The summed E-state index contributed by atoms with van der Waals surface area (Å²) in [6, 6.07) is 14.5. The smallest absolute Gasteiger partial charge is 0.317 e. The molecule has 154 valence electrons. The van der Waals surface area contributed by atoms with Gasteiger partial charge in [0.25, 0.3) is 0 Å². The third-order valence-electron chi connectivity index (χ3n) is 5.69. The summed E-state index contributed by atoms with van der Waals surface area (Å²) in [5.41, 5.74) is 4.26. The molecule has 0 aromatic heterocycles. The van der Waals surface area contributed by atoms with Crippen molar-refractivity contribution in [3.05, 3.63) is 70.3 Å². The summed E-state index contributed by atoms with van der Waals surface area (Å²) in [6.07, 6.45) is 4.76. The largest absolute Gasteiger partial charge is 0.482 e. The Balaban J connectivity index is 0.00000240. The maximum Gasteiger partial charge on any atom is 0.317 e. The van der Waals surface area contributed by atoms with Crippen molar-refractivity contribution in [2.75, 3.05) is 19.6 Å². The molecule has 1 fully saturated rings. The predicted molar refractivity (Wildman–Crippen MR) is 118 cm³/mol. The molecule has 2 aliphatic heterocycles. The first kappa shape index (κ1) is 21.7. The number of nitrogens with zero attached hydrogens (tertiary/aromatic N) is 1. The molecule has 1 spiro atoms. The number of aryl methyl sites for hydroxylation is 1. The number of ether oxygens (including phenoxy) is 1. The molecule has 1 saturated heterocycles. The van der Waals surface area contributed by atoms with E-state index in [0.717, 1.165) is 41.7 Å². The highest BCUT2D eigenvalue weighted by Crippen LogP contribution is 2.44. The van der Waals surface area contributed by atoms with E-state index in [9.17, 15) is 4.79 Å². The van der Waals surface area contributed by atoms with Crippen LogP contribution < -0.4 is 4.74 Å². The summed E-state index contributed by atoms with van der Waals surface area (Å²) in [6.45, 7) is 3.62. The van der Waals surface area contributed by atoms with E-state index in [1.54, 1.807) is 0 Å². The van der Waals surface area contributed by atoms with Gasteiger partial charge in [-0.2, -0.15) is 0 Å². The SMILES string of the molecule is CCc1ccc(C2=CC3(CCN(CC(=O)O)CC3)Oc3cc(Cl)ccc32)cc1.Cl. The van der Waals surface area contributed by atoms with E-state index in [-0.39, 0.29) is 19.0 Å². The number of aliphatic carboxylic acids is 1. The van der Waals surface area contributed by atoms with Crippen LogP contribution in [0.15, 0.2) is 48.5 Å². The minimum absolute atomic E-state index is 0. The van der Waals surface area contributed by atoms with Crippen LogP contribution in [-0.4, -0.2) is 41.2 Å². The number of fused-ring (bicyclic) bond motifs is 1. The monoisotopic (exact) mass is 433 g/mol. The van der Waals surface area contributed by atoms with Gasteiger partial charge in [0, 0.05) is 36.5 Å². The Labute approximate surface area is 182 Å². The van der Waals surface area contributed by atoms with Crippen molar-refractivity contribution >= 4 is 35.6 Å². The number of carboxylic acid groups (broad SMARTS) is 1. The maximum absolute atomic E-state index is 11.0. The van der Waals surface area contributed by atoms with Crippen molar-refractivity contribution in [1.82, 2.24) is 4.90 Å². The summed E-state index contributed by atoms with van der Waals surface area (Å²) in [5, 5.41) is 9.71. The highest BCUT2D eigenvalue weighted by molar-refractivity contribution is 6.30. The zero-order valence-electron chi connectivity index (χ0n) is 16.4. The molecule has 2 heterocycles. The Kier molecular flexibility index (Phi) is 6.57. The van der Waals surface area contributed by atoms with Gasteiger partial charge < -0.3 is 9.84 Å². The Bertz CT molecular complexity index is 916. The molecule has 29 heavy (non-hydrogen) atoms. The van der Waals surface area contributed by atoms with E-state index in [1.807, 2.05) is 23.1 Å². The summed E-state index contributed by atoms with van der Waals surface area (Å²) >= 11 is 6.24. The molecule has 0 atom stereocenters. The Morgan fingerprint density at radius 1 is 1.17 bits per heavy atom. The standard InChI is InChI=1S/C23H24ClNO3.ClH/c1-2-16-3-5-17(6-4-16)20-14-23(9-11-25(12-10-23)15-22(26)27)28-21-13-18(24)7-8-19(20)21;/h3-8,13-14H,2,9-12,15H2,1H3,(H,26,27);1H. The van der Waals surface area contributed by atoms with Crippen molar-refractivity contribution in [2.24, 2.45) is 0 Å². The lowest BCUT2D eigenvalue weighted by Crippen LogP contribution is -2.49. The highest BCUT2D eigenvalue weighted by Gasteiger charge is 2.39. The number of hydrogen-bond acceptors (Lipinski definition) is 3. The second-order valence-corrected chi connectivity index (χ2v) is 8.02. The number of likely N-dealkylation sites (tertiary alicyclic amines) is 1. The molecule has 0 radical (unpaired) electrons. The lowest BCUT2D eigenvalue weighted by atomic mass is 9.82. The van der Waals surface area contributed by atoms with Gasteiger partial charge in [-0.3, -0.25) is 9.69 Å². The molecular formula is C23H25Cl2NO3. The van der Waals surface area contributed by atoms with Crippen molar-refractivity contribution in [1.29, 1.82) is 0 Å². The molecule has 0 unspecified atom stereocenters. The first-order valence-corrected chi connectivity index (χ1v) is 10.1. The van der Waals surface area contributed by atoms with Crippen LogP contribution in [0.4, 0.5) is 0 Å². The summed E-state index contributed by atoms with van der Waals surface area (Å²) in [5.74, 6) is 0.0149. The van der Waals surface area contributed by atoms with Gasteiger partial charge in [0.2, 0.25) is 0 Å². The van der Waals surface area contributed by atoms with E-state index in [1.165, 1.54) is 5.56 Å². The molecule has 0 bridgehead atoms. The van der Waals surface area contributed by atoms with Gasteiger partial charge in [-0.15, -0.1) is 12.4 Å². The fourth-order valence-corrected chi connectivity index (χ4v) is 4.24. The van der Waals surface area contributed by atoms with E-state index < -0.39 is 11.6 Å². The van der Waals surface area contributed by atoms with Crippen molar-refractivity contribution in [3.8, 4) is 5.75 Å². The molecule has 0 amide bonds. The van der Waals surface area contributed by atoms with E-state index in [4.69, 9.17) is 21.4 Å². The van der Waals surface area contributed by atoms with Crippen molar-refractivity contribution < 1.29 is 14.6 Å². The van der Waals surface area contributed by atoms with Gasteiger partial charge in [-0.1, -0.05) is 42.8 Å². The molecule has 4 rings (SSSR count). The average molecular weight is 434 g/mol. The van der Waals surface area contributed by atoms with E-state index in [0.29, 0.717) is 18.1 Å². The first-order valence-electron chi connectivity index (χ1n) is 9.73. The molecule has 1 N–H and O–H groups in total. The average Bonchev–Trinajstić information content (AvgIpc) is 2.69. The fraction of sp³-hybridized carbons (Fsp3) is 0.348. The lowest BCUT2D eigenvalue weighted by Gasteiger charge is -2.42. The quantitative estimate of drug-likeness (QED) is 0.730. The van der Waals surface area contributed by atoms with Gasteiger partial charge in [0.15, 0.2) is 0 Å². The van der Waals surface area contributed by atoms with Gasteiger partial charge in [-0.05, 0) is 47.4 Å². The van der Waals surface area contributed by atoms with Gasteiger partial charge in [0.05, 0.1) is 6.54 Å². The number of rotatable bonds is 4. The fourth-order valence-electron chi connectivity index (χ4n) is 4.08. The third kappa shape index (κ3) is 4.61. The number of piperidine rings is 1. The van der Waals surface area contributed by atoms with Crippen LogP contribution >= 0.6 is 24.0 Å². The molecule has 4 nitrogen and oxygen atoms in total. The maximum atomic E-state index is 11.0. The zero-order chi connectivity index (χ0) is 19.7. The topological polar surface area (TPSA) is 49.8 Å². The number of halogens is 2. The zero-order valence-corrected chi connectivity index (χ0v) is 17.9. The molecular weight excluding hydrogens is 409 g/mol. The molecule has 2 aromatic carbocycles. The van der Waals surface area contributed by atoms with Crippen LogP contribution in [0.25, 0.3) is 5.57 Å². The highest BCUT2D eigenvalue weighted by atomic mass is 35.5. The normalized spacial score (nSPS) is 17.7. The number of hydrogen-bond donors (Lipinski definition) is 1. The van der Waals surface area contributed by atoms with Crippen LogP contribution in [0.3, 0.4) is 0 Å². The summed E-state index contributed by atoms with van der Waals surface area (Å²) in [4.78, 5) is 13.0. The third-order valence-corrected chi connectivity index (χ3v) is 5.92. The Morgan fingerprint density at radius 3 is 2.48 bits per heavy atom. The van der Waals surface area contributed by atoms with Crippen LogP contribution in [0.5, 0.6) is 5.75 Å². The molecule has 0 saturated carbocycles. The summed E-state index contributed by atoms with van der Waals surface area (Å²) in [7, 11) is 0. The van der Waals surface area contributed by atoms with Gasteiger partial charge >= 0.3 is 5.97 Å².